The van der Waals surface area contributed by atoms with Crippen molar-refractivity contribution in [1.82, 2.24) is 14.8 Å². The summed E-state index contributed by atoms with van der Waals surface area (Å²) >= 11 is 0. The molecule has 1 unspecified atom stereocenters. The second-order valence-corrected chi connectivity index (χ2v) is 8.04. The smallest absolute Gasteiger partial charge is 0.254 e. The fourth-order valence-corrected chi connectivity index (χ4v) is 3.96. The van der Waals surface area contributed by atoms with E-state index < -0.39 is 0 Å². The van der Waals surface area contributed by atoms with E-state index in [0.717, 1.165) is 50.4 Å². The normalized spacial score (nSPS) is 23.7. The number of rotatable bonds is 4. The van der Waals surface area contributed by atoms with Crippen LogP contribution >= 0.6 is 0 Å². The zero-order valence-corrected chi connectivity index (χ0v) is 16.6. The average Bonchev–Trinajstić information content (AvgIpc) is 2.62. The number of aromatic nitrogens is 1. The minimum Gasteiger partial charge on any atom is -0.375 e. The van der Waals surface area contributed by atoms with Crippen LogP contribution in [0.4, 0.5) is 5.82 Å². The summed E-state index contributed by atoms with van der Waals surface area (Å²) in [4.78, 5) is 24.3. The predicted molar refractivity (Wildman–Crippen MR) is 104 cm³/mol. The highest BCUT2D eigenvalue weighted by molar-refractivity contribution is 5.95. The van der Waals surface area contributed by atoms with Crippen LogP contribution in [0.25, 0.3) is 0 Å². The van der Waals surface area contributed by atoms with Gasteiger partial charge in [-0.25, -0.2) is 4.98 Å². The number of pyridine rings is 1. The van der Waals surface area contributed by atoms with Crippen LogP contribution in [0.5, 0.6) is 0 Å². The van der Waals surface area contributed by atoms with Crippen LogP contribution in [-0.4, -0.2) is 78.7 Å². The first-order valence-electron chi connectivity index (χ1n) is 9.74. The minimum atomic E-state index is -0.167. The van der Waals surface area contributed by atoms with Gasteiger partial charge in [-0.3, -0.25) is 4.79 Å². The maximum absolute atomic E-state index is 13.2. The first-order chi connectivity index (χ1) is 12.4. The SMILES string of the molecule is CCN(C(=O)c1ccnc(N2CCN(C)CC2)c1)C1CCOC(C)(C)C1. The van der Waals surface area contributed by atoms with E-state index in [2.05, 4.69) is 42.6 Å². The lowest BCUT2D eigenvalue weighted by Crippen LogP contribution is -2.48. The standard InChI is InChI=1S/C20H32N4O2/c1-5-24(17-7-13-26-20(2,3)15-17)19(25)16-6-8-21-18(14-16)23-11-9-22(4)10-12-23/h6,8,14,17H,5,7,9-13,15H2,1-4H3. The maximum atomic E-state index is 13.2. The van der Waals surface area contributed by atoms with Gasteiger partial charge in [0.2, 0.25) is 0 Å². The number of likely N-dealkylation sites (N-methyl/N-ethyl adjacent to an activating group) is 1. The number of carbonyl (C=O) groups excluding carboxylic acids is 1. The van der Waals surface area contributed by atoms with Gasteiger partial charge in [0.1, 0.15) is 5.82 Å². The molecule has 144 valence electrons. The van der Waals surface area contributed by atoms with Crippen LogP contribution in [0, 0.1) is 0 Å². The number of piperazine rings is 1. The molecular weight excluding hydrogens is 328 g/mol. The number of nitrogens with zero attached hydrogens (tertiary/aromatic N) is 4. The number of hydrogen-bond donors (Lipinski definition) is 0. The second-order valence-electron chi connectivity index (χ2n) is 8.04. The van der Waals surface area contributed by atoms with E-state index in [4.69, 9.17) is 4.74 Å². The molecule has 1 atom stereocenters. The van der Waals surface area contributed by atoms with Gasteiger partial charge < -0.3 is 19.4 Å². The fourth-order valence-electron chi connectivity index (χ4n) is 3.96. The molecule has 2 aliphatic rings. The molecule has 2 fully saturated rings. The molecule has 3 rings (SSSR count). The van der Waals surface area contributed by atoms with E-state index in [1.54, 1.807) is 6.20 Å². The number of carbonyl (C=O) groups is 1. The van der Waals surface area contributed by atoms with Gasteiger partial charge in [-0.2, -0.15) is 0 Å². The molecule has 1 aromatic heterocycles. The quantitative estimate of drug-likeness (QED) is 0.824. The maximum Gasteiger partial charge on any atom is 0.254 e. The molecule has 1 amide bonds. The van der Waals surface area contributed by atoms with Gasteiger partial charge in [0.25, 0.3) is 5.91 Å². The molecule has 2 aliphatic heterocycles. The van der Waals surface area contributed by atoms with Crippen LogP contribution in [0.1, 0.15) is 44.0 Å². The highest BCUT2D eigenvalue weighted by Gasteiger charge is 2.34. The van der Waals surface area contributed by atoms with Gasteiger partial charge in [-0.05, 0) is 52.8 Å². The van der Waals surface area contributed by atoms with Gasteiger partial charge >= 0.3 is 0 Å². The summed E-state index contributed by atoms with van der Waals surface area (Å²) in [6.07, 6.45) is 3.55. The van der Waals surface area contributed by atoms with Crippen LogP contribution < -0.4 is 4.90 Å². The molecule has 0 bridgehead atoms. The van der Waals surface area contributed by atoms with Crippen molar-refractivity contribution >= 4 is 11.7 Å². The summed E-state index contributed by atoms with van der Waals surface area (Å²) in [6.45, 7) is 11.7. The Balaban J connectivity index is 1.74. The van der Waals surface area contributed by atoms with Crippen molar-refractivity contribution in [3.05, 3.63) is 23.9 Å². The van der Waals surface area contributed by atoms with E-state index in [1.165, 1.54) is 0 Å². The van der Waals surface area contributed by atoms with Crippen LogP contribution in [0.2, 0.25) is 0 Å². The van der Waals surface area contributed by atoms with Crippen molar-refractivity contribution < 1.29 is 9.53 Å². The number of ether oxygens (including phenoxy) is 1. The number of hydrogen-bond acceptors (Lipinski definition) is 5. The van der Waals surface area contributed by atoms with Crippen LogP contribution in [-0.2, 0) is 4.74 Å². The topological polar surface area (TPSA) is 48.9 Å². The molecule has 3 heterocycles. The summed E-state index contributed by atoms with van der Waals surface area (Å²) in [6, 6.07) is 4.03. The lowest BCUT2D eigenvalue weighted by atomic mass is 9.92. The largest absolute Gasteiger partial charge is 0.375 e. The van der Waals surface area contributed by atoms with Crippen molar-refractivity contribution in [2.75, 3.05) is 51.3 Å². The molecule has 0 saturated carbocycles. The number of anilines is 1. The highest BCUT2D eigenvalue weighted by atomic mass is 16.5. The van der Waals surface area contributed by atoms with Crippen molar-refractivity contribution in [1.29, 1.82) is 0 Å². The van der Waals surface area contributed by atoms with E-state index in [0.29, 0.717) is 13.2 Å². The zero-order chi connectivity index (χ0) is 18.7. The summed E-state index contributed by atoms with van der Waals surface area (Å²) < 4.78 is 5.82. The fraction of sp³-hybridized carbons (Fsp3) is 0.700. The van der Waals surface area contributed by atoms with Gasteiger partial charge in [0.05, 0.1) is 5.60 Å². The molecular formula is C20H32N4O2. The van der Waals surface area contributed by atoms with E-state index in [-0.39, 0.29) is 17.6 Å². The molecule has 26 heavy (non-hydrogen) atoms. The molecule has 0 aromatic carbocycles. The van der Waals surface area contributed by atoms with E-state index in [9.17, 15) is 4.79 Å². The molecule has 6 heteroatoms. The molecule has 0 N–H and O–H groups in total. The third-order valence-corrected chi connectivity index (χ3v) is 5.53. The van der Waals surface area contributed by atoms with Gasteiger partial charge in [-0.1, -0.05) is 0 Å². The second kappa shape index (κ2) is 7.92. The van der Waals surface area contributed by atoms with Gasteiger partial charge in [0, 0.05) is 57.1 Å². The first-order valence-corrected chi connectivity index (χ1v) is 9.74. The summed E-state index contributed by atoms with van der Waals surface area (Å²) in [7, 11) is 2.14. The predicted octanol–water partition coefficient (Wildman–Crippen LogP) is 2.25. The Morgan fingerprint density at radius 3 is 2.73 bits per heavy atom. The molecule has 0 spiro atoms. The Morgan fingerprint density at radius 2 is 2.08 bits per heavy atom. The Bertz CT molecular complexity index is 626. The van der Waals surface area contributed by atoms with Crippen molar-refractivity contribution in [2.45, 2.75) is 45.3 Å². The molecule has 6 nitrogen and oxygen atoms in total. The first kappa shape index (κ1) is 19.1. The third kappa shape index (κ3) is 4.35. The Morgan fingerprint density at radius 1 is 1.35 bits per heavy atom. The number of amides is 1. The van der Waals surface area contributed by atoms with Crippen LogP contribution in [0.3, 0.4) is 0 Å². The lowest BCUT2D eigenvalue weighted by Gasteiger charge is -2.41. The summed E-state index contributed by atoms with van der Waals surface area (Å²) in [5.74, 6) is 1.01. The third-order valence-electron chi connectivity index (χ3n) is 5.53. The van der Waals surface area contributed by atoms with Gasteiger partial charge in [0.15, 0.2) is 0 Å². The lowest BCUT2D eigenvalue weighted by molar-refractivity contribution is -0.0777. The monoisotopic (exact) mass is 360 g/mol. The average molecular weight is 361 g/mol. The highest BCUT2D eigenvalue weighted by Crippen LogP contribution is 2.28. The molecule has 2 saturated heterocycles. The van der Waals surface area contributed by atoms with Crippen molar-refractivity contribution in [2.24, 2.45) is 0 Å². The van der Waals surface area contributed by atoms with E-state index >= 15 is 0 Å². The zero-order valence-electron chi connectivity index (χ0n) is 16.6. The minimum absolute atomic E-state index is 0.105. The molecule has 0 radical (unpaired) electrons. The van der Waals surface area contributed by atoms with Crippen molar-refractivity contribution in [3.8, 4) is 0 Å². The van der Waals surface area contributed by atoms with Crippen molar-refractivity contribution in [3.63, 3.8) is 0 Å². The van der Waals surface area contributed by atoms with Crippen LogP contribution in [0.15, 0.2) is 18.3 Å². The summed E-state index contributed by atoms with van der Waals surface area (Å²) in [5, 5.41) is 0. The molecule has 1 aromatic rings. The summed E-state index contributed by atoms with van der Waals surface area (Å²) in [5.41, 5.74) is 0.569. The Labute approximate surface area is 157 Å². The Kier molecular flexibility index (Phi) is 5.82. The molecule has 0 aliphatic carbocycles. The van der Waals surface area contributed by atoms with E-state index in [1.807, 2.05) is 17.0 Å². The Hall–Kier alpha value is -1.66. The van der Waals surface area contributed by atoms with Gasteiger partial charge in [-0.15, -0.1) is 0 Å².